The standard InChI is InChI=1S/C13H15ClN2O4S/c14-10-3-2-8(21(15,18)19)6-9(10)13(17)16-11-5-7-1-4-12(11)20-7/h2-3,6-7,11-12H,1,4-5H2,(H,16,17)(H2,15,18,19). The van der Waals surface area contributed by atoms with Crippen LogP contribution in [0.4, 0.5) is 0 Å². The van der Waals surface area contributed by atoms with Crippen molar-refractivity contribution < 1.29 is 17.9 Å². The Morgan fingerprint density at radius 2 is 2.14 bits per heavy atom. The molecule has 8 heteroatoms. The monoisotopic (exact) mass is 330 g/mol. The zero-order chi connectivity index (χ0) is 15.2. The lowest BCUT2D eigenvalue weighted by Gasteiger charge is -2.20. The SMILES string of the molecule is NS(=O)(=O)c1ccc(Cl)c(C(=O)NC2CC3CCC2O3)c1. The maximum absolute atomic E-state index is 12.3. The minimum atomic E-state index is -3.87. The third kappa shape index (κ3) is 2.91. The van der Waals surface area contributed by atoms with Gasteiger partial charge in [0.1, 0.15) is 0 Å². The molecule has 114 valence electrons. The Balaban J connectivity index is 1.81. The molecule has 2 aliphatic heterocycles. The van der Waals surface area contributed by atoms with Gasteiger partial charge in [-0.1, -0.05) is 11.6 Å². The normalized spacial score (nSPS) is 27.8. The molecule has 2 heterocycles. The molecule has 0 spiro atoms. The highest BCUT2D eigenvalue weighted by molar-refractivity contribution is 7.89. The van der Waals surface area contributed by atoms with Crippen LogP contribution in [0.5, 0.6) is 0 Å². The van der Waals surface area contributed by atoms with Gasteiger partial charge in [0.15, 0.2) is 0 Å². The van der Waals surface area contributed by atoms with E-state index in [-0.39, 0.29) is 33.7 Å². The molecule has 1 aromatic rings. The summed E-state index contributed by atoms with van der Waals surface area (Å²) in [6.45, 7) is 0. The summed E-state index contributed by atoms with van der Waals surface area (Å²) in [7, 11) is -3.87. The molecule has 1 aromatic carbocycles. The predicted octanol–water partition coefficient (Wildman–Crippen LogP) is 1.04. The predicted molar refractivity (Wildman–Crippen MR) is 76.6 cm³/mol. The van der Waals surface area contributed by atoms with E-state index in [1.807, 2.05) is 0 Å². The molecular formula is C13H15ClN2O4S. The van der Waals surface area contributed by atoms with E-state index in [1.165, 1.54) is 18.2 Å². The summed E-state index contributed by atoms with van der Waals surface area (Å²) in [5, 5.41) is 8.11. The number of sulfonamides is 1. The van der Waals surface area contributed by atoms with Crippen LogP contribution < -0.4 is 10.5 Å². The van der Waals surface area contributed by atoms with Crippen LogP contribution >= 0.6 is 11.6 Å². The molecule has 3 atom stereocenters. The van der Waals surface area contributed by atoms with E-state index in [1.54, 1.807) is 0 Å². The number of nitrogens with two attached hydrogens (primary N) is 1. The highest BCUT2D eigenvalue weighted by Crippen LogP contribution is 2.34. The van der Waals surface area contributed by atoms with E-state index >= 15 is 0 Å². The fraction of sp³-hybridized carbons (Fsp3) is 0.462. The summed E-state index contributed by atoms with van der Waals surface area (Å²) >= 11 is 5.98. The Labute approximate surface area is 127 Å². The van der Waals surface area contributed by atoms with E-state index in [4.69, 9.17) is 21.5 Å². The van der Waals surface area contributed by atoms with Gasteiger partial charge in [-0.05, 0) is 37.5 Å². The fourth-order valence-corrected chi connectivity index (χ4v) is 3.63. The highest BCUT2D eigenvalue weighted by atomic mass is 35.5. The van der Waals surface area contributed by atoms with Crippen molar-refractivity contribution in [1.29, 1.82) is 0 Å². The Morgan fingerprint density at radius 3 is 2.71 bits per heavy atom. The number of fused-ring (bicyclic) bond motifs is 2. The maximum atomic E-state index is 12.3. The van der Waals surface area contributed by atoms with E-state index < -0.39 is 15.9 Å². The molecule has 0 radical (unpaired) electrons. The number of primary sulfonamides is 1. The third-order valence-electron chi connectivity index (χ3n) is 3.93. The number of ether oxygens (including phenoxy) is 1. The minimum Gasteiger partial charge on any atom is -0.373 e. The van der Waals surface area contributed by atoms with Crippen molar-refractivity contribution >= 4 is 27.5 Å². The first kappa shape index (κ1) is 14.8. The number of rotatable bonds is 3. The van der Waals surface area contributed by atoms with Crippen molar-refractivity contribution in [2.75, 3.05) is 0 Å². The van der Waals surface area contributed by atoms with Crippen LogP contribution in [-0.2, 0) is 14.8 Å². The Kier molecular flexibility index (Phi) is 3.69. The molecule has 2 bridgehead atoms. The summed E-state index contributed by atoms with van der Waals surface area (Å²) in [5.74, 6) is -0.411. The van der Waals surface area contributed by atoms with Crippen molar-refractivity contribution in [3.8, 4) is 0 Å². The smallest absolute Gasteiger partial charge is 0.253 e. The van der Waals surface area contributed by atoms with Gasteiger partial charge in [0.2, 0.25) is 10.0 Å². The van der Waals surface area contributed by atoms with E-state index in [9.17, 15) is 13.2 Å². The number of nitrogens with one attached hydrogen (secondary N) is 1. The zero-order valence-corrected chi connectivity index (χ0v) is 12.7. The van der Waals surface area contributed by atoms with Crippen molar-refractivity contribution in [3.05, 3.63) is 28.8 Å². The van der Waals surface area contributed by atoms with Gasteiger partial charge in [0.05, 0.1) is 33.7 Å². The Morgan fingerprint density at radius 1 is 1.38 bits per heavy atom. The second kappa shape index (κ2) is 5.24. The van der Waals surface area contributed by atoms with Crippen LogP contribution in [0.1, 0.15) is 29.6 Å². The summed E-state index contributed by atoms with van der Waals surface area (Å²) in [5.41, 5.74) is 0.103. The molecule has 3 unspecified atom stereocenters. The van der Waals surface area contributed by atoms with Crippen LogP contribution in [0.2, 0.25) is 5.02 Å². The van der Waals surface area contributed by atoms with Crippen molar-refractivity contribution in [3.63, 3.8) is 0 Å². The summed E-state index contributed by atoms with van der Waals surface area (Å²) in [6, 6.07) is 3.77. The molecule has 2 aliphatic rings. The van der Waals surface area contributed by atoms with Gasteiger partial charge in [0.25, 0.3) is 5.91 Å². The first-order chi connectivity index (χ1) is 9.84. The van der Waals surface area contributed by atoms with Crippen LogP contribution in [0.25, 0.3) is 0 Å². The van der Waals surface area contributed by atoms with Crippen LogP contribution in [0.15, 0.2) is 23.1 Å². The molecule has 2 saturated heterocycles. The summed E-state index contributed by atoms with van der Waals surface area (Å²) < 4.78 is 28.4. The first-order valence-corrected chi connectivity index (χ1v) is 8.55. The zero-order valence-electron chi connectivity index (χ0n) is 11.1. The van der Waals surface area contributed by atoms with E-state index in [0.717, 1.165) is 19.3 Å². The van der Waals surface area contributed by atoms with Gasteiger partial charge < -0.3 is 10.1 Å². The number of halogens is 1. The van der Waals surface area contributed by atoms with Gasteiger partial charge in [0, 0.05) is 0 Å². The molecule has 3 N–H and O–H groups in total. The van der Waals surface area contributed by atoms with Crippen LogP contribution in [0, 0.1) is 0 Å². The van der Waals surface area contributed by atoms with Crippen molar-refractivity contribution in [2.24, 2.45) is 5.14 Å². The molecule has 1 amide bonds. The molecule has 0 saturated carbocycles. The second-order valence-corrected chi connectivity index (χ2v) is 7.34. The van der Waals surface area contributed by atoms with Crippen LogP contribution in [0.3, 0.4) is 0 Å². The Bertz CT molecular complexity index is 691. The molecule has 21 heavy (non-hydrogen) atoms. The number of carbonyl (C=O) groups is 1. The van der Waals surface area contributed by atoms with E-state index in [2.05, 4.69) is 5.32 Å². The van der Waals surface area contributed by atoms with Gasteiger partial charge in [-0.15, -0.1) is 0 Å². The van der Waals surface area contributed by atoms with E-state index in [0.29, 0.717) is 0 Å². The molecule has 0 aromatic heterocycles. The number of hydrogen-bond donors (Lipinski definition) is 2. The number of carbonyl (C=O) groups excluding carboxylic acids is 1. The Hall–Kier alpha value is -1.15. The number of hydrogen-bond acceptors (Lipinski definition) is 4. The van der Waals surface area contributed by atoms with Crippen molar-refractivity contribution in [2.45, 2.75) is 42.4 Å². The molecule has 2 fully saturated rings. The van der Waals surface area contributed by atoms with Gasteiger partial charge in [-0.2, -0.15) is 0 Å². The largest absolute Gasteiger partial charge is 0.373 e. The van der Waals surface area contributed by atoms with Gasteiger partial charge in [-0.3, -0.25) is 4.79 Å². The van der Waals surface area contributed by atoms with Crippen LogP contribution in [-0.4, -0.2) is 32.6 Å². The number of amides is 1. The number of benzene rings is 1. The topological polar surface area (TPSA) is 98.5 Å². The molecule has 3 rings (SSSR count). The third-order valence-corrected chi connectivity index (χ3v) is 5.17. The fourth-order valence-electron chi connectivity index (χ4n) is 2.89. The quantitative estimate of drug-likeness (QED) is 0.865. The molecular weight excluding hydrogens is 316 g/mol. The second-order valence-electron chi connectivity index (χ2n) is 5.38. The summed E-state index contributed by atoms with van der Waals surface area (Å²) in [4.78, 5) is 12.2. The lowest BCUT2D eigenvalue weighted by molar-refractivity contribution is 0.0841. The average molecular weight is 331 g/mol. The molecule has 6 nitrogen and oxygen atoms in total. The van der Waals surface area contributed by atoms with Gasteiger partial charge >= 0.3 is 0 Å². The lowest BCUT2D eigenvalue weighted by Crippen LogP contribution is -2.41. The first-order valence-electron chi connectivity index (χ1n) is 6.63. The summed E-state index contributed by atoms with van der Waals surface area (Å²) in [6.07, 6.45) is 2.99. The maximum Gasteiger partial charge on any atom is 0.253 e. The lowest BCUT2D eigenvalue weighted by atomic mass is 9.95. The average Bonchev–Trinajstić information content (AvgIpc) is 2.99. The minimum absolute atomic E-state index is 0.0409. The highest BCUT2D eigenvalue weighted by Gasteiger charge is 2.41. The van der Waals surface area contributed by atoms with Gasteiger partial charge in [-0.25, -0.2) is 13.6 Å². The van der Waals surface area contributed by atoms with Crippen molar-refractivity contribution in [1.82, 2.24) is 5.32 Å². The molecule has 0 aliphatic carbocycles.